The standard InChI is InChI=1S/C18H15F2N5O3/c19-12-5-10-15(26)11(18(27)28)8-25(14-1-3-22-6-13(14)20)16(10)23-17(12)24-4-2-9(21)7-24/h1,3,5-6,8-9H,2,4,7,21H2,(H,27,28)/t9-/m0/s1. The third-order valence-electron chi connectivity index (χ3n) is 4.68. The average Bonchev–Trinajstić information content (AvgIpc) is 3.08. The van der Waals surface area contributed by atoms with Crippen molar-refractivity contribution >= 4 is 22.8 Å². The Morgan fingerprint density at radius 1 is 1.32 bits per heavy atom. The Kier molecular flexibility index (Phi) is 4.27. The molecule has 3 aromatic rings. The smallest absolute Gasteiger partial charge is 0.341 e. The quantitative estimate of drug-likeness (QED) is 0.696. The molecule has 0 aromatic carbocycles. The molecule has 4 heterocycles. The first kappa shape index (κ1) is 18.0. The lowest BCUT2D eigenvalue weighted by atomic mass is 10.1. The van der Waals surface area contributed by atoms with Crippen molar-refractivity contribution < 1.29 is 18.7 Å². The highest BCUT2D eigenvalue weighted by Crippen LogP contribution is 2.26. The highest BCUT2D eigenvalue weighted by atomic mass is 19.1. The van der Waals surface area contributed by atoms with Crippen LogP contribution >= 0.6 is 0 Å². The number of rotatable bonds is 3. The van der Waals surface area contributed by atoms with Crippen LogP contribution in [0.3, 0.4) is 0 Å². The number of fused-ring (bicyclic) bond motifs is 1. The van der Waals surface area contributed by atoms with Gasteiger partial charge in [0, 0.05) is 31.5 Å². The Morgan fingerprint density at radius 3 is 2.75 bits per heavy atom. The van der Waals surface area contributed by atoms with Crippen LogP contribution in [0.4, 0.5) is 14.6 Å². The van der Waals surface area contributed by atoms with Gasteiger partial charge in [-0.1, -0.05) is 0 Å². The zero-order valence-corrected chi connectivity index (χ0v) is 14.5. The van der Waals surface area contributed by atoms with Crippen LogP contribution in [0.2, 0.25) is 0 Å². The molecule has 0 bridgehead atoms. The number of anilines is 1. The van der Waals surface area contributed by atoms with Gasteiger partial charge in [0.25, 0.3) is 0 Å². The van der Waals surface area contributed by atoms with E-state index < -0.39 is 28.6 Å². The second kappa shape index (κ2) is 6.64. The maximum absolute atomic E-state index is 14.7. The molecule has 1 atom stereocenters. The number of halogens is 2. The lowest BCUT2D eigenvalue weighted by Crippen LogP contribution is -2.28. The van der Waals surface area contributed by atoms with E-state index in [0.29, 0.717) is 19.5 Å². The first-order valence-electron chi connectivity index (χ1n) is 8.46. The minimum atomic E-state index is -1.51. The summed E-state index contributed by atoms with van der Waals surface area (Å²) < 4.78 is 30.2. The second-order valence-corrected chi connectivity index (χ2v) is 6.53. The number of aromatic carboxylic acids is 1. The Balaban J connectivity index is 2.05. The molecule has 0 radical (unpaired) electrons. The number of carbonyl (C=O) groups is 1. The van der Waals surface area contributed by atoms with Crippen molar-refractivity contribution in [3.05, 3.63) is 58.1 Å². The van der Waals surface area contributed by atoms with Crippen LogP contribution in [-0.2, 0) is 0 Å². The summed E-state index contributed by atoms with van der Waals surface area (Å²) in [6, 6.07) is 2.11. The molecular formula is C18H15F2N5O3. The van der Waals surface area contributed by atoms with Gasteiger partial charge in [-0.25, -0.2) is 18.6 Å². The molecule has 0 unspecified atom stereocenters. The Bertz CT molecular complexity index is 1160. The van der Waals surface area contributed by atoms with Crippen LogP contribution in [0.1, 0.15) is 16.8 Å². The number of hydrogen-bond acceptors (Lipinski definition) is 6. The van der Waals surface area contributed by atoms with Gasteiger partial charge < -0.3 is 15.7 Å². The van der Waals surface area contributed by atoms with Crippen molar-refractivity contribution in [2.45, 2.75) is 12.5 Å². The molecule has 0 aliphatic carbocycles. The third kappa shape index (κ3) is 2.87. The number of pyridine rings is 3. The normalized spacial score (nSPS) is 16.7. The Morgan fingerprint density at radius 2 is 2.11 bits per heavy atom. The van der Waals surface area contributed by atoms with Gasteiger partial charge in [0.15, 0.2) is 23.1 Å². The van der Waals surface area contributed by atoms with E-state index in [4.69, 9.17) is 5.73 Å². The molecule has 10 heteroatoms. The van der Waals surface area contributed by atoms with Crippen molar-refractivity contribution in [2.24, 2.45) is 5.73 Å². The fourth-order valence-electron chi connectivity index (χ4n) is 3.32. The zero-order valence-electron chi connectivity index (χ0n) is 14.5. The lowest BCUT2D eigenvalue weighted by molar-refractivity contribution is 0.0695. The van der Waals surface area contributed by atoms with Crippen molar-refractivity contribution in [2.75, 3.05) is 18.0 Å². The highest BCUT2D eigenvalue weighted by molar-refractivity contribution is 5.92. The molecule has 1 aliphatic rings. The Hall–Kier alpha value is -3.40. The maximum atomic E-state index is 14.7. The van der Waals surface area contributed by atoms with Gasteiger partial charge in [-0.05, 0) is 18.6 Å². The molecule has 0 spiro atoms. The Labute approximate surface area is 156 Å². The van der Waals surface area contributed by atoms with Gasteiger partial charge in [-0.3, -0.25) is 14.3 Å². The van der Waals surface area contributed by atoms with Crippen molar-refractivity contribution in [1.29, 1.82) is 0 Å². The summed E-state index contributed by atoms with van der Waals surface area (Å²) in [5, 5.41) is 9.07. The summed E-state index contributed by atoms with van der Waals surface area (Å²) >= 11 is 0. The SMILES string of the molecule is N[C@H]1CCN(c2nc3c(cc2F)c(=O)c(C(=O)O)cn3-c2ccncc2F)C1. The van der Waals surface area contributed by atoms with Gasteiger partial charge in [-0.2, -0.15) is 0 Å². The monoisotopic (exact) mass is 387 g/mol. The first-order valence-corrected chi connectivity index (χ1v) is 8.46. The number of hydrogen-bond donors (Lipinski definition) is 2. The molecular weight excluding hydrogens is 372 g/mol. The van der Waals surface area contributed by atoms with E-state index in [1.165, 1.54) is 12.3 Å². The van der Waals surface area contributed by atoms with Crippen molar-refractivity contribution in [3.63, 3.8) is 0 Å². The van der Waals surface area contributed by atoms with Crippen LogP contribution in [0.25, 0.3) is 16.7 Å². The average molecular weight is 387 g/mol. The summed E-state index contributed by atoms with van der Waals surface area (Å²) in [5.74, 6) is -3.06. The van der Waals surface area contributed by atoms with Crippen molar-refractivity contribution in [1.82, 2.24) is 14.5 Å². The fourth-order valence-corrected chi connectivity index (χ4v) is 3.32. The van der Waals surface area contributed by atoms with Gasteiger partial charge in [0.05, 0.1) is 17.3 Å². The van der Waals surface area contributed by atoms with Gasteiger partial charge in [0.1, 0.15) is 5.56 Å². The second-order valence-electron chi connectivity index (χ2n) is 6.53. The van der Waals surface area contributed by atoms with E-state index in [0.717, 1.165) is 23.0 Å². The summed E-state index contributed by atoms with van der Waals surface area (Å²) in [4.78, 5) is 33.6. The number of nitrogens with two attached hydrogens (primary N) is 1. The summed E-state index contributed by atoms with van der Waals surface area (Å²) in [5.41, 5.74) is 4.23. The molecule has 1 saturated heterocycles. The molecule has 144 valence electrons. The van der Waals surface area contributed by atoms with Gasteiger partial charge in [-0.15, -0.1) is 0 Å². The van der Waals surface area contributed by atoms with E-state index in [-0.39, 0.29) is 28.6 Å². The number of carboxylic acids is 1. The van der Waals surface area contributed by atoms with E-state index in [1.807, 2.05) is 0 Å². The van der Waals surface area contributed by atoms with Crippen LogP contribution in [0.15, 0.2) is 35.5 Å². The molecule has 0 saturated carbocycles. The lowest BCUT2D eigenvalue weighted by Gasteiger charge is -2.19. The number of aromatic nitrogens is 3. The number of carboxylic acid groups (broad SMARTS) is 1. The summed E-state index contributed by atoms with van der Waals surface area (Å²) in [7, 11) is 0. The molecule has 1 fully saturated rings. The first-order chi connectivity index (χ1) is 13.4. The van der Waals surface area contributed by atoms with E-state index in [2.05, 4.69) is 9.97 Å². The van der Waals surface area contributed by atoms with E-state index in [9.17, 15) is 23.5 Å². The molecule has 4 rings (SSSR count). The molecule has 8 nitrogen and oxygen atoms in total. The van der Waals surface area contributed by atoms with Crippen LogP contribution < -0.4 is 16.1 Å². The predicted octanol–water partition coefficient (Wildman–Crippen LogP) is 1.29. The maximum Gasteiger partial charge on any atom is 0.341 e. The summed E-state index contributed by atoms with van der Waals surface area (Å²) in [6.45, 7) is 0.869. The van der Waals surface area contributed by atoms with Crippen LogP contribution in [0.5, 0.6) is 0 Å². The molecule has 0 amide bonds. The summed E-state index contributed by atoms with van der Waals surface area (Å²) in [6.07, 6.45) is 3.90. The number of nitrogens with zero attached hydrogens (tertiary/aromatic N) is 4. The zero-order chi connectivity index (χ0) is 20.0. The topological polar surface area (TPSA) is 114 Å². The van der Waals surface area contributed by atoms with Crippen LogP contribution in [0, 0.1) is 11.6 Å². The van der Waals surface area contributed by atoms with Crippen molar-refractivity contribution in [3.8, 4) is 5.69 Å². The minimum absolute atomic E-state index is 0.0221. The fraction of sp³-hybridized carbons (Fsp3) is 0.222. The molecule has 3 aromatic heterocycles. The van der Waals surface area contributed by atoms with E-state index in [1.54, 1.807) is 4.90 Å². The largest absolute Gasteiger partial charge is 0.477 e. The van der Waals surface area contributed by atoms with Gasteiger partial charge >= 0.3 is 5.97 Å². The highest BCUT2D eigenvalue weighted by Gasteiger charge is 2.26. The van der Waals surface area contributed by atoms with Gasteiger partial charge in [0.2, 0.25) is 5.43 Å². The van der Waals surface area contributed by atoms with Crippen LogP contribution in [-0.4, -0.2) is 44.7 Å². The third-order valence-corrected chi connectivity index (χ3v) is 4.68. The molecule has 1 aliphatic heterocycles. The predicted molar refractivity (Wildman–Crippen MR) is 96.8 cm³/mol. The molecule has 28 heavy (non-hydrogen) atoms. The minimum Gasteiger partial charge on any atom is -0.477 e. The van der Waals surface area contributed by atoms with E-state index >= 15 is 0 Å². The molecule has 3 N–H and O–H groups in total.